The van der Waals surface area contributed by atoms with E-state index in [1.807, 2.05) is 6.07 Å². The third-order valence-corrected chi connectivity index (χ3v) is 6.57. The molecule has 3 aromatic rings. The number of carbonyl (C=O) groups is 1. The number of fused-ring (bicyclic) bond motifs is 1. The van der Waals surface area contributed by atoms with E-state index in [2.05, 4.69) is 48.1 Å². The molecule has 1 fully saturated rings. The number of benzene rings is 1. The minimum absolute atomic E-state index is 0.200. The van der Waals surface area contributed by atoms with Gasteiger partial charge in [0, 0.05) is 44.0 Å². The van der Waals surface area contributed by atoms with Gasteiger partial charge in [0.15, 0.2) is 0 Å². The Hall–Kier alpha value is -3.50. The van der Waals surface area contributed by atoms with Crippen molar-refractivity contribution in [3.8, 4) is 5.75 Å². The Kier molecular flexibility index (Phi) is 7.20. The Labute approximate surface area is 204 Å². The van der Waals surface area contributed by atoms with Gasteiger partial charge in [0.1, 0.15) is 18.2 Å². The van der Waals surface area contributed by atoms with Crippen molar-refractivity contribution in [2.24, 2.45) is 0 Å². The molecule has 0 radical (unpaired) electrons. The average Bonchev–Trinajstić information content (AvgIpc) is 3.37. The highest BCUT2D eigenvalue weighted by Crippen LogP contribution is 2.25. The quantitative estimate of drug-likeness (QED) is 0.349. The van der Waals surface area contributed by atoms with Crippen LogP contribution in [-0.4, -0.2) is 68.1 Å². The van der Waals surface area contributed by atoms with Crippen molar-refractivity contribution in [3.05, 3.63) is 65.1 Å². The Balaban J connectivity index is 1.07. The number of β-amino-alcohol motifs (C(OH)–C–C–N with tert-alkyl or cyclic N) is 1. The summed E-state index contributed by atoms with van der Waals surface area (Å²) < 4.78 is 5.82. The van der Waals surface area contributed by atoms with Gasteiger partial charge >= 0.3 is 0 Å². The number of aromatic nitrogens is 4. The van der Waals surface area contributed by atoms with Crippen molar-refractivity contribution in [2.75, 3.05) is 25.0 Å². The highest BCUT2D eigenvalue weighted by molar-refractivity contribution is 5.94. The van der Waals surface area contributed by atoms with Gasteiger partial charge in [-0.25, -0.2) is 4.98 Å². The molecule has 1 saturated carbocycles. The van der Waals surface area contributed by atoms with Gasteiger partial charge in [-0.05, 0) is 61.1 Å². The van der Waals surface area contributed by atoms with E-state index in [0.717, 1.165) is 49.6 Å². The van der Waals surface area contributed by atoms with E-state index in [4.69, 9.17) is 4.74 Å². The average molecular weight is 478 g/mol. The zero-order valence-electron chi connectivity index (χ0n) is 19.6. The molecular weight excluding hydrogens is 446 g/mol. The molecule has 2 aliphatic rings. The molecular formula is C25H31N7O3. The summed E-state index contributed by atoms with van der Waals surface area (Å²) in [7, 11) is 0. The monoisotopic (exact) mass is 477 g/mol. The second-order valence-corrected chi connectivity index (χ2v) is 9.25. The lowest BCUT2D eigenvalue weighted by atomic mass is 9.93. The molecule has 1 amide bonds. The maximum atomic E-state index is 12.6. The Morgan fingerprint density at radius 3 is 2.97 bits per heavy atom. The van der Waals surface area contributed by atoms with E-state index in [1.54, 1.807) is 24.5 Å². The summed E-state index contributed by atoms with van der Waals surface area (Å²) in [6.07, 6.45) is 7.03. The zero-order chi connectivity index (χ0) is 24.0. The number of aliphatic hydroxyl groups excluding tert-OH is 1. The Morgan fingerprint density at radius 2 is 2.17 bits per heavy atom. The van der Waals surface area contributed by atoms with Crippen LogP contribution in [0, 0.1) is 0 Å². The van der Waals surface area contributed by atoms with Gasteiger partial charge in [0.25, 0.3) is 5.91 Å². The van der Waals surface area contributed by atoms with Crippen LogP contribution in [0.5, 0.6) is 5.75 Å². The molecule has 1 aromatic carbocycles. The van der Waals surface area contributed by atoms with Gasteiger partial charge in [-0.1, -0.05) is 11.3 Å². The third kappa shape index (κ3) is 6.14. The molecule has 184 valence electrons. The molecule has 10 heteroatoms. The first-order chi connectivity index (χ1) is 17.1. The van der Waals surface area contributed by atoms with E-state index in [1.165, 1.54) is 17.5 Å². The standard InChI is InChI=1S/C25H31N7O3/c33-22(13-27-25(34)18-6-8-26-24(11-18)29-20-2-1-3-20)15-32-9-7-17-10-23(5-4-19(17)14-32)35-16-21-12-28-31-30-21/h4-6,8,10-12,20,22,33H,1-3,7,9,13-16H2,(H,26,29)(H,27,34)(H,28,30,31)/t22-/m0/s1. The van der Waals surface area contributed by atoms with Gasteiger partial charge in [-0.2, -0.15) is 0 Å². The number of anilines is 1. The van der Waals surface area contributed by atoms with Crippen LogP contribution in [0.25, 0.3) is 0 Å². The number of carbonyl (C=O) groups excluding carboxylic acids is 1. The molecule has 0 spiro atoms. The molecule has 10 nitrogen and oxygen atoms in total. The molecule has 1 aliphatic carbocycles. The fraction of sp³-hybridized carbons (Fsp3) is 0.440. The van der Waals surface area contributed by atoms with E-state index >= 15 is 0 Å². The molecule has 0 unspecified atom stereocenters. The van der Waals surface area contributed by atoms with Gasteiger partial charge in [-0.3, -0.25) is 14.8 Å². The smallest absolute Gasteiger partial charge is 0.251 e. The molecule has 35 heavy (non-hydrogen) atoms. The maximum Gasteiger partial charge on any atom is 0.251 e. The molecule has 3 heterocycles. The van der Waals surface area contributed by atoms with Crippen molar-refractivity contribution >= 4 is 11.7 Å². The number of H-pyrrole nitrogens is 1. The summed E-state index contributed by atoms with van der Waals surface area (Å²) in [4.78, 5) is 19.1. The number of nitrogens with zero attached hydrogens (tertiary/aromatic N) is 4. The van der Waals surface area contributed by atoms with E-state index in [0.29, 0.717) is 24.8 Å². The summed E-state index contributed by atoms with van der Waals surface area (Å²) in [6, 6.07) is 10.0. The lowest BCUT2D eigenvalue weighted by molar-refractivity contribution is 0.0841. The van der Waals surface area contributed by atoms with Crippen LogP contribution in [0.1, 0.15) is 46.4 Å². The van der Waals surface area contributed by atoms with E-state index < -0.39 is 6.10 Å². The van der Waals surface area contributed by atoms with Crippen LogP contribution in [0.4, 0.5) is 5.82 Å². The minimum atomic E-state index is -0.652. The molecule has 1 aliphatic heterocycles. The molecule has 1 atom stereocenters. The zero-order valence-corrected chi connectivity index (χ0v) is 19.6. The van der Waals surface area contributed by atoms with Crippen LogP contribution in [-0.2, 0) is 19.6 Å². The minimum Gasteiger partial charge on any atom is -0.487 e. The topological polar surface area (TPSA) is 128 Å². The largest absolute Gasteiger partial charge is 0.487 e. The van der Waals surface area contributed by atoms with Crippen LogP contribution >= 0.6 is 0 Å². The van der Waals surface area contributed by atoms with Crippen molar-refractivity contribution < 1.29 is 14.6 Å². The number of hydrogen-bond acceptors (Lipinski definition) is 8. The van der Waals surface area contributed by atoms with E-state index in [-0.39, 0.29) is 12.5 Å². The van der Waals surface area contributed by atoms with Crippen molar-refractivity contribution in [1.82, 2.24) is 30.6 Å². The molecule has 4 N–H and O–H groups in total. The van der Waals surface area contributed by atoms with Crippen LogP contribution in [0.2, 0.25) is 0 Å². The first-order valence-electron chi connectivity index (χ1n) is 12.1. The van der Waals surface area contributed by atoms with Crippen molar-refractivity contribution in [3.63, 3.8) is 0 Å². The second-order valence-electron chi connectivity index (χ2n) is 9.25. The van der Waals surface area contributed by atoms with Crippen LogP contribution in [0.15, 0.2) is 42.7 Å². The lowest BCUT2D eigenvalue weighted by Crippen LogP contribution is -2.42. The number of nitrogens with one attached hydrogen (secondary N) is 3. The SMILES string of the molecule is O=C(NC[C@H](O)CN1CCc2cc(OCc3cnn[nH]3)ccc2C1)c1ccnc(NC2CCC2)c1. The van der Waals surface area contributed by atoms with Gasteiger partial charge in [0.2, 0.25) is 0 Å². The lowest BCUT2D eigenvalue weighted by Gasteiger charge is -2.30. The maximum absolute atomic E-state index is 12.6. The molecule has 0 saturated heterocycles. The number of aromatic amines is 1. The predicted octanol–water partition coefficient (Wildman–Crippen LogP) is 1.89. The fourth-order valence-electron chi connectivity index (χ4n) is 4.37. The summed E-state index contributed by atoms with van der Waals surface area (Å²) in [5.74, 6) is 1.34. The number of rotatable bonds is 10. The van der Waals surface area contributed by atoms with Crippen molar-refractivity contribution in [2.45, 2.75) is 51.0 Å². The fourth-order valence-corrected chi connectivity index (χ4v) is 4.37. The third-order valence-electron chi connectivity index (χ3n) is 6.57. The summed E-state index contributed by atoms with van der Waals surface area (Å²) in [6.45, 7) is 2.69. The van der Waals surface area contributed by atoms with Crippen molar-refractivity contribution in [1.29, 1.82) is 0 Å². The van der Waals surface area contributed by atoms with Crippen LogP contribution < -0.4 is 15.4 Å². The second kappa shape index (κ2) is 10.8. The highest BCUT2D eigenvalue weighted by Gasteiger charge is 2.21. The highest BCUT2D eigenvalue weighted by atomic mass is 16.5. The molecule has 2 aromatic heterocycles. The van der Waals surface area contributed by atoms with Gasteiger partial charge < -0.3 is 20.5 Å². The summed E-state index contributed by atoms with van der Waals surface area (Å²) in [5.41, 5.74) is 3.85. The molecule has 0 bridgehead atoms. The normalized spacial score (nSPS) is 16.7. The number of amides is 1. The molecule has 5 rings (SSSR count). The Morgan fingerprint density at radius 1 is 1.26 bits per heavy atom. The number of aliphatic hydroxyl groups is 1. The number of hydrogen-bond donors (Lipinski definition) is 4. The van der Waals surface area contributed by atoms with Gasteiger partial charge in [-0.15, -0.1) is 5.10 Å². The summed E-state index contributed by atoms with van der Waals surface area (Å²) in [5, 5.41) is 27.0. The van der Waals surface area contributed by atoms with E-state index in [9.17, 15) is 9.90 Å². The van der Waals surface area contributed by atoms with Crippen LogP contribution in [0.3, 0.4) is 0 Å². The van der Waals surface area contributed by atoms with Gasteiger partial charge in [0.05, 0.1) is 18.0 Å². The first-order valence-corrected chi connectivity index (χ1v) is 12.1. The Bertz CT molecular complexity index is 1130. The first kappa shape index (κ1) is 23.3. The number of ether oxygens (including phenoxy) is 1. The number of pyridine rings is 1. The predicted molar refractivity (Wildman–Crippen MR) is 130 cm³/mol. The summed E-state index contributed by atoms with van der Waals surface area (Å²) >= 11 is 0.